The van der Waals surface area contributed by atoms with Gasteiger partial charge in [-0.15, -0.1) is 0 Å². The Morgan fingerprint density at radius 2 is 1.82 bits per heavy atom. The number of benzene rings is 2. The standard InChI is InChI=1S/C13H10ClFO2/c14-12-6-10(7-13(15)11(12)8-16)17-9-4-2-1-3-5-9/h1-7,16H,8H2. The van der Waals surface area contributed by atoms with Crippen LogP contribution in [0.4, 0.5) is 4.39 Å². The summed E-state index contributed by atoms with van der Waals surface area (Å²) in [4.78, 5) is 0. The second-order valence-corrected chi connectivity index (χ2v) is 3.85. The van der Waals surface area contributed by atoms with Gasteiger partial charge in [-0.25, -0.2) is 4.39 Å². The summed E-state index contributed by atoms with van der Waals surface area (Å²) < 4.78 is 18.9. The lowest BCUT2D eigenvalue weighted by atomic mass is 10.2. The van der Waals surface area contributed by atoms with Gasteiger partial charge >= 0.3 is 0 Å². The second-order valence-electron chi connectivity index (χ2n) is 3.44. The van der Waals surface area contributed by atoms with Crippen LogP contribution in [0.15, 0.2) is 42.5 Å². The minimum Gasteiger partial charge on any atom is -0.457 e. The van der Waals surface area contributed by atoms with E-state index in [-0.39, 0.29) is 10.6 Å². The molecular formula is C13H10ClFO2. The van der Waals surface area contributed by atoms with Crippen LogP contribution in [0.5, 0.6) is 11.5 Å². The van der Waals surface area contributed by atoms with Crippen LogP contribution in [0, 0.1) is 5.82 Å². The molecule has 1 N–H and O–H groups in total. The van der Waals surface area contributed by atoms with E-state index in [2.05, 4.69) is 0 Å². The Morgan fingerprint density at radius 1 is 1.12 bits per heavy atom. The zero-order valence-electron chi connectivity index (χ0n) is 8.86. The smallest absolute Gasteiger partial charge is 0.133 e. The van der Waals surface area contributed by atoms with Gasteiger partial charge in [0.2, 0.25) is 0 Å². The Labute approximate surface area is 103 Å². The number of ether oxygens (including phenoxy) is 1. The molecule has 2 aromatic rings. The zero-order valence-corrected chi connectivity index (χ0v) is 9.62. The topological polar surface area (TPSA) is 29.5 Å². The number of hydrogen-bond acceptors (Lipinski definition) is 2. The summed E-state index contributed by atoms with van der Waals surface area (Å²) in [6, 6.07) is 11.7. The van der Waals surface area contributed by atoms with E-state index in [1.54, 1.807) is 12.1 Å². The van der Waals surface area contributed by atoms with Crippen molar-refractivity contribution in [2.75, 3.05) is 0 Å². The van der Waals surface area contributed by atoms with E-state index in [1.165, 1.54) is 12.1 Å². The third kappa shape index (κ3) is 2.75. The minimum atomic E-state index is -0.578. The lowest BCUT2D eigenvalue weighted by Gasteiger charge is -2.08. The van der Waals surface area contributed by atoms with E-state index in [4.69, 9.17) is 21.4 Å². The molecule has 0 spiro atoms. The molecule has 0 saturated carbocycles. The first-order chi connectivity index (χ1) is 8.20. The van der Waals surface area contributed by atoms with Gasteiger partial charge in [-0.3, -0.25) is 0 Å². The first-order valence-electron chi connectivity index (χ1n) is 5.02. The van der Waals surface area contributed by atoms with Crippen molar-refractivity contribution in [3.63, 3.8) is 0 Å². The van der Waals surface area contributed by atoms with Gasteiger partial charge in [0.1, 0.15) is 17.3 Å². The molecule has 4 heteroatoms. The highest BCUT2D eigenvalue weighted by molar-refractivity contribution is 6.31. The highest BCUT2D eigenvalue weighted by atomic mass is 35.5. The Kier molecular flexibility index (Phi) is 3.61. The lowest BCUT2D eigenvalue weighted by Crippen LogP contribution is -1.93. The molecule has 2 nitrogen and oxygen atoms in total. The maximum absolute atomic E-state index is 13.5. The fraction of sp³-hybridized carbons (Fsp3) is 0.0769. The Hall–Kier alpha value is -1.58. The number of aliphatic hydroxyl groups excluding tert-OH is 1. The van der Waals surface area contributed by atoms with Crippen LogP contribution in [0.25, 0.3) is 0 Å². The number of halogens is 2. The molecule has 0 fully saturated rings. The molecule has 0 aliphatic heterocycles. The molecule has 0 saturated heterocycles. The third-order valence-electron chi connectivity index (χ3n) is 2.25. The van der Waals surface area contributed by atoms with Gasteiger partial charge in [-0.1, -0.05) is 29.8 Å². The number of aliphatic hydroxyl groups is 1. The van der Waals surface area contributed by atoms with Crippen molar-refractivity contribution < 1.29 is 14.2 Å². The lowest BCUT2D eigenvalue weighted by molar-refractivity contribution is 0.275. The van der Waals surface area contributed by atoms with E-state index in [1.807, 2.05) is 18.2 Å². The van der Waals surface area contributed by atoms with E-state index >= 15 is 0 Å². The molecule has 0 radical (unpaired) electrons. The molecule has 17 heavy (non-hydrogen) atoms. The normalized spacial score (nSPS) is 10.3. The van der Waals surface area contributed by atoms with Crippen LogP contribution in [0.1, 0.15) is 5.56 Å². The Balaban J connectivity index is 2.29. The van der Waals surface area contributed by atoms with E-state index in [0.717, 1.165) is 0 Å². The molecule has 0 atom stereocenters. The maximum atomic E-state index is 13.5. The molecule has 2 rings (SSSR count). The molecule has 0 aliphatic rings. The van der Waals surface area contributed by atoms with Gasteiger partial charge in [0, 0.05) is 11.6 Å². The summed E-state index contributed by atoms with van der Waals surface area (Å²) in [5.41, 5.74) is 0.0760. The first-order valence-corrected chi connectivity index (χ1v) is 5.40. The third-order valence-corrected chi connectivity index (χ3v) is 2.59. The second kappa shape index (κ2) is 5.17. The van der Waals surface area contributed by atoms with Crippen LogP contribution in [-0.2, 0) is 6.61 Å². The number of hydrogen-bond donors (Lipinski definition) is 1. The fourth-order valence-electron chi connectivity index (χ4n) is 1.41. The highest BCUT2D eigenvalue weighted by Gasteiger charge is 2.09. The van der Waals surface area contributed by atoms with Gasteiger partial charge in [0.15, 0.2) is 0 Å². The van der Waals surface area contributed by atoms with Crippen LogP contribution in [0.2, 0.25) is 5.02 Å². The molecule has 0 heterocycles. The predicted molar refractivity (Wildman–Crippen MR) is 63.8 cm³/mol. The monoisotopic (exact) mass is 252 g/mol. The molecule has 88 valence electrons. The molecule has 0 unspecified atom stereocenters. The molecular weight excluding hydrogens is 243 g/mol. The van der Waals surface area contributed by atoms with Gasteiger partial charge in [0.25, 0.3) is 0 Å². The van der Waals surface area contributed by atoms with Gasteiger partial charge in [-0.05, 0) is 18.2 Å². The van der Waals surface area contributed by atoms with Crippen LogP contribution < -0.4 is 4.74 Å². The van der Waals surface area contributed by atoms with Crippen LogP contribution in [0.3, 0.4) is 0 Å². The largest absolute Gasteiger partial charge is 0.457 e. The van der Waals surface area contributed by atoms with Crippen molar-refractivity contribution in [1.29, 1.82) is 0 Å². The van der Waals surface area contributed by atoms with Crippen molar-refractivity contribution >= 4 is 11.6 Å². The zero-order chi connectivity index (χ0) is 12.3. The average molecular weight is 253 g/mol. The summed E-state index contributed by atoms with van der Waals surface area (Å²) in [6.07, 6.45) is 0. The van der Waals surface area contributed by atoms with E-state index in [0.29, 0.717) is 11.5 Å². The van der Waals surface area contributed by atoms with Crippen LogP contribution >= 0.6 is 11.6 Å². The molecule has 2 aromatic carbocycles. The summed E-state index contributed by atoms with van der Waals surface area (Å²) in [7, 11) is 0. The van der Waals surface area contributed by atoms with E-state index in [9.17, 15) is 4.39 Å². The van der Waals surface area contributed by atoms with Gasteiger partial charge < -0.3 is 9.84 Å². The van der Waals surface area contributed by atoms with Crippen LogP contribution in [-0.4, -0.2) is 5.11 Å². The predicted octanol–water partition coefficient (Wildman–Crippen LogP) is 3.76. The minimum absolute atomic E-state index is 0.0760. The first kappa shape index (κ1) is 11.9. The number of rotatable bonds is 3. The Morgan fingerprint density at radius 3 is 2.41 bits per heavy atom. The average Bonchev–Trinajstić information content (AvgIpc) is 2.30. The Bertz CT molecular complexity index is 491. The van der Waals surface area contributed by atoms with Gasteiger partial charge in [0.05, 0.1) is 11.6 Å². The SMILES string of the molecule is OCc1c(F)cc(Oc2ccccc2)cc1Cl. The maximum Gasteiger partial charge on any atom is 0.133 e. The highest BCUT2D eigenvalue weighted by Crippen LogP contribution is 2.29. The van der Waals surface area contributed by atoms with Crippen molar-refractivity contribution in [2.24, 2.45) is 0 Å². The van der Waals surface area contributed by atoms with Crippen molar-refractivity contribution in [2.45, 2.75) is 6.61 Å². The quantitative estimate of drug-likeness (QED) is 0.901. The summed E-state index contributed by atoms with van der Waals surface area (Å²) in [5, 5.41) is 9.07. The molecule has 0 aromatic heterocycles. The van der Waals surface area contributed by atoms with Crippen molar-refractivity contribution in [1.82, 2.24) is 0 Å². The van der Waals surface area contributed by atoms with Gasteiger partial charge in [-0.2, -0.15) is 0 Å². The summed E-state index contributed by atoms with van der Waals surface area (Å²) >= 11 is 5.82. The number of para-hydroxylation sites is 1. The summed E-state index contributed by atoms with van der Waals surface area (Å²) in [6.45, 7) is -0.434. The van der Waals surface area contributed by atoms with E-state index < -0.39 is 12.4 Å². The summed E-state index contributed by atoms with van der Waals surface area (Å²) in [5.74, 6) is 0.321. The fourth-order valence-corrected chi connectivity index (χ4v) is 1.67. The van der Waals surface area contributed by atoms with Crippen molar-refractivity contribution in [3.8, 4) is 11.5 Å². The molecule has 0 amide bonds. The van der Waals surface area contributed by atoms with Crippen molar-refractivity contribution in [3.05, 3.63) is 58.9 Å². The molecule has 0 aliphatic carbocycles. The molecule has 0 bridgehead atoms.